The van der Waals surface area contributed by atoms with Gasteiger partial charge in [0.25, 0.3) is 0 Å². The number of nitrogens with zero attached hydrogens (tertiary/aromatic N) is 2. The van der Waals surface area contributed by atoms with Crippen molar-refractivity contribution in [3.05, 3.63) is 24.1 Å². The van der Waals surface area contributed by atoms with E-state index in [0.717, 1.165) is 0 Å². The average Bonchev–Trinajstić information content (AvgIpc) is 2.87. The Kier molecular flexibility index (Phi) is 4.32. The molecule has 0 bridgehead atoms. The summed E-state index contributed by atoms with van der Waals surface area (Å²) in [6.07, 6.45) is 0. The minimum absolute atomic E-state index is 0.186. The van der Waals surface area contributed by atoms with Crippen LogP contribution >= 0.6 is 0 Å². The van der Waals surface area contributed by atoms with Gasteiger partial charge in [-0.3, -0.25) is 0 Å². The summed E-state index contributed by atoms with van der Waals surface area (Å²) in [5.74, 6) is 0.397. The van der Waals surface area contributed by atoms with E-state index in [4.69, 9.17) is 9.26 Å². The predicted octanol–water partition coefficient (Wildman–Crippen LogP) is 0.884. The Morgan fingerprint density at radius 2 is 2.16 bits per heavy atom. The molecule has 0 saturated carbocycles. The van der Waals surface area contributed by atoms with Crippen molar-refractivity contribution in [2.45, 2.75) is 6.54 Å². The molecule has 1 aromatic carbocycles. The lowest BCUT2D eigenvalue weighted by Gasteiger charge is -1.99. The molecule has 1 heterocycles. The number of nitrogens with one attached hydrogen (secondary N) is 1. The van der Waals surface area contributed by atoms with Crippen molar-refractivity contribution in [1.29, 1.82) is 0 Å². The number of phenols is 2. The van der Waals surface area contributed by atoms with Gasteiger partial charge in [0.2, 0.25) is 11.7 Å². The topological polar surface area (TPSA) is 101 Å². The van der Waals surface area contributed by atoms with Crippen molar-refractivity contribution < 1.29 is 19.5 Å². The van der Waals surface area contributed by atoms with E-state index in [1.807, 2.05) is 0 Å². The van der Waals surface area contributed by atoms with E-state index in [1.54, 1.807) is 13.2 Å². The molecule has 0 saturated heterocycles. The second kappa shape index (κ2) is 6.17. The van der Waals surface area contributed by atoms with E-state index in [2.05, 4.69) is 15.5 Å². The van der Waals surface area contributed by atoms with Gasteiger partial charge in [-0.2, -0.15) is 4.98 Å². The maximum absolute atomic E-state index is 9.41. The number of hydrogen-bond acceptors (Lipinski definition) is 7. The lowest BCUT2D eigenvalue weighted by Crippen LogP contribution is -2.18. The molecule has 7 nitrogen and oxygen atoms in total. The van der Waals surface area contributed by atoms with Crippen LogP contribution in [0.5, 0.6) is 11.5 Å². The number of ether oxygens (including phenoxy) is 1. The Morgan fingerprint density at radius 3 is 2.89 bits per heavy atom. The largest absolute Gasteiger partial charge is 0.504 e. The van der Waals surface area contributed by atoms with Gasteiger partial charge in [-0.15, -0.1) is 0 Å². The second-order valence-corrected chi connectivity index (χ2v) is 3.88. The SMILES string of the molecule is COCCNCc1nc(-c2ccc(O)c(O)c2)no1. The van der Waals surface area contributed by atoms with Crippen LogP contribution in [-0.4, -0.2) is 40.6 Å². The molecule has 2 rings (SSSR count). The first-order valence-electron chi connectivity index (χ1n) is 5.75. The molecule has 102 valence electrons. The summed E-state index contributed by atoms with van der Waals surface area (Å²) in [4.78, 5) is 4.18. The van der Waals surface area contributed by atoms with Gasteiger partial charge >= 0.3 is 0 Å². The number of rotatable bonds is 6. The quantitative estimate of drug-likeness (QED) is 0.526. The minimum atomic E-state index is -0.220. The van der Waals surface area contributed by atoms with Gasteiger partial charge in [0.15, 0.2) is 11.5 Å². The highest BCUT2D eigenvalue weighted by atomic mass is 16.5. The van der Waals surface area contributed by atoms with Crippen LogP contribution in [0.15, 0.2) is 22.7 Å². The zero-order chi connectivity index (χ0) is 13.7. The summed E-state index contributed by atoms with van der Waals surface area (Å²) < 4.78 is 9.96. The molecule has 1 aromatic heterocycles. The molecule has 0 aliphatic carbocycles. The van der Waals surface area contributed by atoms with Crippen molar-refractivity contribution in [3.8, 4) is 22.9 Å². The van der Waals surface area contributed by atoms with Crippen LogP contribution in [0.3, 0.4) is 0 Å². The van der Waals surface area contributed by atoms with Crippen LogP contribution in [0.1, 0.15) is 5.89 Å². The number of benzene rings is 1. The molecule has 0 spiro atoms. The minimum Gasteiger partial charge on any atom is -0.504 e. The number of aromatic nitrogens is 2. The number of aromatic hydroxyl groups is 2. The standard InChI is InChI=1S/C12H15N3O4/c1-18-5-4-13-7-11-14-12(15-19-11)8-2-3-9(16)10(17)6-8/h2-3,6,13,16-17H,4-5,7H2,1H3. The lowest BCUT2D eigenvalue weighted by molar-refractivity contribution is 0.197. The molecule has 0 radical (unpaired) electrons. The van der Waals surface area contributed by atoms with E-state index < -0.39 is 0 Å². The predicted molar refractivity (Wildman–Crippen MR) is 66.6 cm³/mol. The van der Waals surface area contributed by atoms with Gasteiger partial charge in [-0.05, 0) is 18.2 Å². The number of phenolic OH excluding ortho intramolecular Hbond substituents is 2. The van der Waals surface area contributed by atoms with E-state index in [-0.39, 0.29) is 11.5 Å². The third kappa shape index (κ3) is 3.43. The average molecular weight is 265 g/mol. The molecule has 19 heavy (non-hydrogen) atoms. The molecule has 0 amide bonds. The molecule has 7 heteroatoms. The van der Waals surface area contributed by atoms with E-state index in [0.29, 0.717) is 37.0 Å². The van der Waals surface area contributed by atoms with Crippen LogP contribution in [0.2, 0.25) is 0 Å². The van der Waals surface area contributed by atoms with Crippen molar-refractivity contribution >= 4 is 0 Å². The van der Waals surface area contributed by atoms with E-state index in [1.165, 1.54) is 12.1 Å². The van der Waals surface area contributed by atoms with Gasteiger partial charge in [0, 0.05) is 19.2 Å². The molecule has 0 fully saturated rings. The van der Waals surface area contributed by atoms with Gasteiger partial charge in [0.1, 0.15) is 0 Å². The fourth-order valence-corrected chi connectivity index (χ4v) is 1.48. The monoisotopic (exact) mass is 265 g/mol. The third-order valence-electron chi connectivity index (χ3n) is 2.46. The molecule has 2 aromatic rings. The normalized spacial score (nSPS) is 10.8. The van der Waals surface area contributed by atoms with Crippen molar-refractivity contribution in [1.82, 2.24) is 15.5 Å². The van der Waals surface area contributed by atoms with Crippen molar-refractivity contribution in [2.75, 3.05) is 20.3 Å². The van der Waals surface area contributed by atoms with E-state index >= 15 is 0 Å². The summed E-state index contributed by atoms with van der Waals surface area (Å²) in [6.45, 7) is 1.74. The first-order chi connectivity index (χ1) is 9.20. The van der Waals surface area contributed by atoms with Gasteiger partial charge in [0.05, 0.1) is 13.2 Å². The highest BCUT2D eigenvalue weighted by Crippen LogP contribution is 2.28. The van der Waals surface area contributed by atoms with Crippen LogP contribution in [-0.2, 0) is 11.3 Å². The van der Waals surface area contributed by atoms with Crippen molar-refractivity contribution in [2.24, 2.45) is 0 Å². The van der Waals surface area contributed by atoms with E-state index in [9.17, 15) is 10.2 Å². The summed E-state index contributed by atoms with van der Waals surface area (Å²) >= 11 is 0. The Morgan fingerprint density at radius 1 is 1.32 bits per heavy atom. The summed E-state index contributed by atoms with van der Waals surface area (Å²) in [5, 5.41) is 25.5. The number of hydrogen-bond donors (Lipinski definition) is 3. The van der Waals surface area contributed by atoms with Crippen LogP contribution < -0.4 is 5.32 Å². The molecular formula is C12H15N3O4. The zero-order valence-electron chi connectivity index (χ0n) is 10.5. The van der Waals surface area contributed by atoms with Gasteiger partial charge < -0.3 is 24.8 Å². The smallest absolute Gasteiger partial charge is 0.240 e. The molecule has 0 atom stereocenters. The van der Waals surface area contributed by atoms with Crippen LogP contribution in [0.25, 0.3) is 11.4 Å². The number of methoxy groups -OCH3 is 1. The molecule has 3 N–H and O–H groups in total. The summed E-state index contributed by atoms with van der Waals surface area (Å²) in [6, 6.07) is 4.35. The summed E-state index contributed by atoms with van der Waals surface area (Å²) in [5.41, 5.74) is 0.571. The molecule has 0 unspecified atom stereocenters. The highest BCUT2D eigenvalue weighted by Gasteiger charge is 2.10. The fourth-order valence-electron chi connectivity index (χ4n) is 1.48. The van der Waals surface area contributed by atoms with Gasteiger partial charge in [-0.25, -0.2) is 0 Å². The maximum atomic E-state index is 9.41. The van der Waals surface area contributed by atoms with Crippen molar-refractivity contribution in [3.63, 3.8) is 0 Å². The molecular weight excluding hydrogens is 250 g/mol. The van der Waals surface area contributed by atoms with Gasteiger partial charge in [-0.1, -0.05) is 5.16 Å². The Bertz CT molecular complexity index is 542. The lowest BCUT2D eigenvalue weighted by atomic mass is 10.2. The highest BCUT2D eigenvalue weighted by molar-refractivity contribution is 5.59. The summed E-state index contributed by atoms with van der Waals surface area (Å²) in [7, 11) is 1.63. The fraction of sp³-hybridized carbons (Fsp3) is 0.333. The van der Waals surface area contributed by atoms with Crippen LogP contribution in [0, 0.1) is 0 Å². The first-order valence-corrected chi connectivity index (χ1v) is 5.75. The Hall–Kier alpha value is -2.12. The second-order valence-electron chi connectivity index (χ2n) is 3.88. The third-order valence-corrected chi connectivity index (χ3v) is 2.46. The Balaban J connectivity index is 2.01. The maximum Gasteiger partial charge on any atom is 0.240 e. The first kappa shape index (κ1) is 13.3. The molecule has 0 aliphatic rings. The Labute approximate surface area is 109 Å². The van der Waals surface area contributed by atoms with Crippen LogP contribution in [0.4, 0.5) is 0 Å². The molecule has 0 aliphatic heterocycles. The zero-order valence-corrected chi connectivity index (χ0v) is 10.5.